The van der Waals surface area contributed by atoms with E-state index in [-0.39, 0.29) is 16.0 Å². The fourth-order valence-corrected chi connectivity index (χ4v) is 1.62. The van der Waals surface area contributed by atoms with Crippen molar-refractivity contribution in [1.29, 1.82) is 0 Å². The molecule has 1 rings (SSSR count). The highest BCUT2D eigenvalue weighted by Crippen LogP contribution is 2.15. The van der Waals surface area contributed by atoms with Crippen LogP contribution < -0.4 is 10.9 Å². The molecule has 0 aromatic heterocycles. The maximum Gasteiger partial charge on any atom is 0.249 e. The molecule has 1 aromatic carbocycles. The van der Waals surface area contributed by atoms with Crippen molar-refractivity contribution in [2.75, 3.05) is 0 Å². The van der Waals surface area contributed by atoms with Gasteiger partial charge in [-0.15, -0.1) is 0 Å². The van der Waals surface area contributed by atoms with Gasteiger partial charge >= 0.3 is 0 Å². The fourth-order valence-electron chi connectivity index (χ4n) is 1.08. The highest BCUT2D eigenvalue weighted by Gasteiger charge is 2.14. The summed E-state index contributed by atoms with van der Waals surface area (Å²) in [7, 11) is -3.91. The summed E-state index contributed by atoms with van der Waals surface area (Å²) in [4.78, 5) is 10.6. The molecule has 0 saturated heterocycles. The second kappa shape index (κ2) is 3.95. The summed E-state index contributed by atoms with van der Waals surface area (Å²) in [5.74, 6) is -0.895. The molecule has 0 aliphatic carbocycles. The Morgan fingerprint density at radius 2 is 2.00 bits per heavy atom. The number of hydrogen-bond acceptors (Lipinski definition) is 3. The van der Waals surface area contributed by atoms with Crippen molar-refractivity contribution in [3.05, 3.63) is 29.3 Å². The number of alkyl halides is 1. The predicted octanol–water partition coefficient (Wildman–Crippen LogP) is -0.0976. The molecule has 15 heavy (non-hydrogen) atoms. The van der Waals surface area contributed by atoms with Crippen molar-refractivity contribution in [2.24, 2.45) is 10.9 Å². The van der Waals surface area contributed by atoms with E-state index in [9.17, 15) is 17.6 Å². The van der Waals surface area contributed by atoms with E-state index in [1.54, 1.807) is 0 Å². The van der Waals surface area contributed by atoms with Crippen molar-refractivity contribution in [1.82, 2.24) is 0 Å². The van der Waals surface area contributed by atoms with Crippen LogP contribution in [0.3, 0.4) is 0 Å². The molecule has 0 unspecified atom stereocenters. The van der Waals surface area contributed by atoms with Gasteiger partial charge in [-0.2, -0.15) is 0 Å². The lowest BCUT2D eigenvalue weighted by Crippen LogP contribution is -2.17. The Kier molecular flexibility index (Phi) is 3.06. The van der Waals surface area contributed by atoms with Gasteiger partial charge in [0.1, 0.15) is 6.67 Å². The lowest BCUT2D eigenvalue weighted by atomic mass is 10.1. The first-order valence-electron chi connectivity index (χ1n) is 3.87. The van der Waals surface area contributed by atoms with E-state index in [0.29, 0.717) is 0 Å². The predicted molar refractivity (Wildman–Crippen MR) is 51.1 cm³/mol. The Bertz CT molecular complexity index is 499. The highest BCUT2D eigenvalue weighted by atomic mass is 32.2. The van der Waals surface area contributed by atoms with E-state index < -0.39 is 22.6 Å². The average molecular weight is 232 g/mol. The van der Waals surface area contributed by atoms with Gasteiger partial charge in [0.25, 0.3) is 0 Å². The Balaban J connectivity index is 3.42. The number of carbonyl (C=O) groups excluding carboxylic acids is 1. The molecular weight excluding hydrogens is 223 g/mol. The van der Waals surface area contributed by atoms with E-state index in [1.165, 1.54) is 6.07 Å². The number of primary sulfonamides is 1. The van der Waals surface area contributed by atoms with Gasteiger partial charge in [0.15, 0.2) is 0 Å². The monoisotopic (exact) mass is 232 g/mol. The molecule has 82 valence electrons. The Morgan fingerprint density at radius 1 is 1.40 bits per heavy atom. The summed E-state index contributed by atoms with van der Waals surface area (Å²) in [6, 6.07) is 3.25. The van der Waals surface area contributed by atoms with Gasteiger partial charge in [0.05, 0.1) is 4.90 Å². The molecule has 0 bridgehead atoms. The normalized spacial score (nSPS) is 11.3. The summed E-state index contributed by atoms with van der Waals surface area (Å²) >= 11 is 0. The minimum Gasteiger partial charge on any atom is -0.366 e. The summed E-state index contributed by atoms with van der Waals surface area (Å²) in [5, 5.41) is 4.84. The molecule has 0 fully saturated rings. The van der Waals surface area contributed by atoms with Crippen molar-refractivity contribution in [2.45, 2.75) is 11.6 Å². The molecule has 1 aromatic rings. The standard InChI is InChI=1S/C8H9FN2O3S/c9-4-5-1-2-6(15(11,13)14)3-7(5)8(10)12/h1-3H,4H2,(H2,10,12)(H2,11,13,14). The van der Waals surface area contributed by atoms with Crippen LogP contribution in [0, 0.1) is 0 Å². The Hall–Kier alpha value is -1.47. The topological polar surface area (TPSA) is 103 Å². The maximum absolute atomic E-state index is 12.4. The zero-order valence-corrected chi connectivity index (χ0v) is 8.42. The van der Waals surface area contributed by atoms with Crippen molar-refractivity contribution >= 4 is 15.9 Å². The largest absolute Gasteiger partial charge is 0.366 e. The van der Waals surface area contributed by atoms with Gasteiger partial charge in [0.2, 0.25) is 15.9 Å². The first-order chi connectivity index (χ1) is 6.86. The second-order valence-electron chi connectivity index (χ2n) is 2.86. The van der Waals surface area contributed by atoms with E-state index in [0.717, 1.165) is 12.1 Å². The van der Waals surface area contributed by atoms with Crippen LogP contribution in [-0.2, 0) is 16.7 Å². The van der Waals surface area contributed by atoms with Crippen molar-refractivity contribution in [3.63, 3.8) is 0 Å². The Morgan fingerprint density at radius 3 is 2.40 bits per heavy atom. The van der Waals surface area contributed by atoms with Gasteiger partial charge in [-0.05, 0) is 17.7 Å². The third-order valence-electron chi connectivity index (χ3n) is 1.82. The lowest BCUT2D eigenvalue weighted by Gasteiger charge is -2.04. The number of benzene rings is 1. The van der Waals surface area contributed by atoms with Crippen LogP contribution in [0.25, 0.3) is 0 Å². The lowest BCUT2D eigenvalue weighted by molar-refractivity contribution is 0.0998. The minimum atomic E-state index is -3.91. The maximum atomic E-state index is 12.4. The summed E-state index contributed by atoms with van der Waals surface area (Å²) in [6.45, 7) is -0.900. The van der Waals surface area contributed by atoms with Crippen LogP contribution >= 0.6 is 0 Å². The van der Waals surface area contributed by atoms with Crippen LogP contribution in [-0.4, -0.2) is 14.3 Å². The van der Waals surface area contributed by atoms with Gasteiger partial charge in [-0.25, -0.2) is 17.9 Å². The summed E-state index contributed by atoms with van der Waals surface area (Å²) in [6.07, 6.45) is 0. The van der Waals surface area contributed by atoms with E-state index in [4.69, 9.17) is 10.9 Å². The number of rotatable bonds is 3. The van der Waals surface area contributed by atoms with E-state index in [2.05, 4.69) is 0 Å². The molecule has 0 atom stereocenters. The van der Waals surface area contributed by atoms with Gasteiger partial charge in [-0.3, -0.25) is 4.79 Å². The van der Waals surface area contributed by atoms with Crippen LogP contribution in [0.2, 0.25) is 0 Å². The number of sulfonamides is 1. The van der Waals surface area contributed by atoms with Crippen molar-refractivity contribution in [3.8, 4) is 0 Å². The molecule has 0 saturated carbocycles. The molecule has 0 aliphatic heterocycles. The third kappa shape index (κ3) is 2.51. The number of primary amides is 1. The Labute approximate surface area is 85.9 Å². The molecule has 1 amide bonds. The minimum absolute atomic E-state index is 0.0369. The smallest absolute Gasteiger partial charge is 0.249 e. The molecular formula is C8H9FN2O3S. The molecule has 0 heterocycles. The first kappa shape index (κ1) is 11.6. The molecule has 0 aliphatic rings. The average Bonchev–Trinajstić information content (AvgIpc) is 2.15. The SMILES string of the molecule is NC(=O)c1cc(S(N)(=O)=O)ccc1CF. The number of hydrogen-bond donors (Lipinski definition) is 2. The second-order valence-corrected chi connectivity index (χ2v) is 4.42. The number of amides is 1. The van der Waals surface area contributed by atoms with E-state index in [1.807, 2.05) is 0 Å². The number of halogens is 1. The highest BCUT2D eigenvalue weighted by molar-refractivity contribution is 7.89. The van der Waals surface area contributed by atoms with Crippen LogP contribution in [0.5, 0.6) is 0 Å². The zero-order valence-electron chi connectivity index (χ0n) is 7.60. The molecule has 0 radical (unpaired) electrons. The van der Waals surface area contributed by atoms with Crippen LogP contribution in [0.4, 0.5) is 4.39 Å². The summed E-state index contributed by atoms with van der Waals surface area (Å²) < 4.78 is 34.3. The fraction of sp³-hybridized carbons (Fsp3) is 0.125. The van der Waals surface area contributed by atoms with Crippen LogP contribution in [0.15, 0.2) is 23.1 Å². The van der Waals surface area contributed by atoms with Gasteiger partial charge in [-0.1, -0.05) is 6.07 Å². The van der Waals surface area contributed by atoms with Crippen LogP contribution in [0.1, 0.15) is 15.9 Å². The quantitative estimate of drug-likeness (QED) is 0.760. The first-order valence-corrected chi connectivity index (χ1v) is 5.42. The summed E-state index contributed by atoms with van der Waals surface area (Å²) in [5.41, 5.74) is 4.82. The molecule has 0 spiro atoms. The van der Waals surface area contributed by atoms with Gasteiger partial charge < -0.3 is 5.73 Å². The van der Waals surface area contributed by atoms with Crippen molar-refractivity contribution < 1.29 is 17.6 Å². The van der Waals surface area contributed by atoms with E-state index >= 15 is 0 Å². The number of nitrogens with two attached hydrogens (primary N) is 2. The molecule has 7 heteroatoms. The molecule has 4 N–H and O–H groups in total. The van der Waals surface area contributed by atoms with Gasteiger partial charge in [0, 0.05) is 5.56 Å². The third-order valence-corrected chi connectivity index (χ3v) is 2.73. The molecule has 5 nitrogen and oxygen atoms in total. The number of carbonyl (C=O) groups is 1. The zero-order chi connectivity index (χ0) is 11.6.